The van der Waals surface area contributed by atoms with Crippen LogP contribution >= 0.6 is 0 Å². The molecule has 0 aromatic heterocycles. The highest BCUT2D eigenvalue weighted by atomic mass is 16.5. The van der Waals surface area contributed by atoms with E-state index in [1.807, 2.05) is 31.2 Å². The normalized spacial score (nSPS) is 19.5. The largest absolute Gasteiger partial charge is 0.497 e. The summed E-state index contributed by atoms with van der Waals surface area (Å²) in [6.45, 7) is 2.04. The number of ether oxygens (including phenoxy) is 1. The minimum atomic E-state index is -0.529. The first-order valence-electron chi connectivity index (χ1n) is 7.85. The zero-order chi connectivity index (χ0) is 15.5. The van der Waals surface area contributed by atoms with Crippen LogP contribution in [-0.2, 0) is 6.42 Å². The number of hydrogen-bond acceptors (Lipinski definition) is 3. The van der Waals surface area contributed by atoms with Crippen LogP contribution in [0.2, 0.25) is 0 Å². The summed E-state index contributed by atoms with van der Waals surface area (Å²) in [4.78, 5) is 0. The van der Waals surface area contributed by atoms with E-state index in [1.54, 1.807) is 7.11 Å². The van der Waals surface area contributed by atoms with Crippen LogP contribution in [0.1, 0.15) is 42.2 Å². The van der Waals surface area contributed by atoms with Gasteiger partial charge in [-0.05, 0) is 48.6 Å². The Hall–Kier alpha value is -1.84. The average molecular weight is 297 g/mol. The molecule has 2 aromatic carbocycles. The van der Waals surface area contributed by atoms with Gasteiger partial charge in [0.2, 0.25) is 0 Å². The highest BCUT2D eigenvalue weighted by Crippen LogP contribution is 2.32. The van der Waals surface area contributed by atoms with Gasteiger partial charge in [-0.3, -0.25) is 0 Å². The van der Waals surface area contributed by atoms with Crippen molar-refractivity contribution in [1.82, 2.24) is 5.32 Å². The van der Waals surface area contributed by atoms with E-state index in [0.717, 1.165) is 24.2 Å². The van der Waals surface area contributed by atoms with Crippen LogP contribution in [0.15, 0.2) is 48.5 Å². The molecule has 116 valence electrons. The minimum absolute atomic E-state index is 0.00967. The third-order valence-corrected chi connectivity index (χ3v) is 4.53. The minimum Gasteiger partial charge on any atom is -0.497 e. The highest BCUT2D eigenvalue weighted by Gasteiger charge is 2.25. The molecule has 0 bridgehead atoms. The monoisotopic (exact) mass is 297 g/mol. The van der Waals surface area contributed by atoms with E-state index in [4.69, 9.17) is 4.74 Å². The van der Waals surface area contributed by atoms with E-state index in [0.29, 0.717) is 6.04 Å². The molecule has 3 nitrogen and oxygen atoms in total. The summed E-state index contributed by atoms with van der Waals surface area (Å²) in [6, 6.07) is 16.5. The SMILES string of the molecule is COc1ccc(C(O)C(C)NC2CCc3ccccc32)cc1. The van der Waals surface area contributed by atoms with Gasteiger partial charge in [0.25, 0.3) is 0 Å². The molecule has 2 aromatic rings. The van der Waals surface area contributed by atoms with Gasteiger partial charge in [-0.25, -0.2) is 0 Å². The maximum absolute atomic E-state index is 10.6. The van der Waals surface area contributed by atoms with Crippen LogP contribution in [0.5, 0.6) is 5.75 Å². The molecule has 22 heavy (non-hydrogen) atoms. The molecule has 0 spiro atoms. The highest BCUT2D eigenvalue weighted by molar-refractivity contribution is 5.34. The van der Waals surface area contributed by atoms with Gasteiger partial charge in [0.1, 0.15) is 5.75 Å². The second-order valence-corrected chi connectivity index (χ2v) is 5.96. The summed E-state index contributed by atoms with van der Waals surface area (Å²) < 4.78 is 5.16. The summed E-state index contributed by atoms with van der Waals surface area (Å²) in [7, 11) is 1.65. The van der Waals surface area contributed by atoms with Crippen LogP contribution < -0.4 is 10.1 Å². The molecule has 2 N–H and O–H groups in total. The topological polar surface area (TPSA) is 41.5 Å². The van der Waals surface area contributed by atoms with Crippen LogP contribution in [0.25, 0.3) is 0 Å². The molecular weight excluding hydrogens is 274 g/mol. The predicted octanol–water partition coefficient (Wildman–Crippen LogP) is 3.39. The number of hydrogen-bond donors (Lipinski definition) is 2. The second-order valence-electron chi connectivity index (χ2n) is 5.96. The Kier molecular flexibility index (Phi) is 4.46. The van der Waals surface area contributed by atoms with Crippen molar-refractivity contribution in [3.8, 4) is 5.75 Å². The summed E-state index contributed by atoms with van der Waals surface area (Å²) in [5.41, 5.74) is 3.70. The van der Waals surface area contributed by atoms with Crippen molar-refractivity contribution in [3.63, 3.8) is 0 Å². The first kappa shape index (κ1) is 15.1. The van der Waals surface area contributed by atoms with Crippen molar-refractivity contribution < 1.29 is 9.84 Å². The molecule has 1 aliphatic rings. The summed E-state index contributed by atoms with van der Waals surface area (Å²) in [6.07, 6.45) is 1.68. The van der Waals surface area contributed by atoms with E-state index in [-0.39, 0.29) is 6.04 Å². The second kappa shape index (κ2) is 6.51. The molecule has 3 unspecified atom stereocenters. The molecule has 0 amide bonds. The summed E-state index contributed by atoms with van der Waals surface area (Å²) in [5, 5.41) is 14.1. The van der Waals surface area contributed by atoms with Crippen molar-refractivity contribution in [2.45, 2.75) is 38.0 Å². The third-order valence-electron chi connectivity index (χ3n) is 4.53. The Bertz CT molecular complexity index is 624. The average Bonchev–Trinajstić information content (AvgIpc) is 2.97. The first-order chi connectivity index (χ1) is 10.7. The molecule has 0 saturated carbocycles. The van der Waals surface area contributed by atoms with Gasteiger partial charge in [0, 0.05) is 12.1 Å². The van der Waals surface area contributed by atoms with Crippen molar-refractivity contribution in [2.24, 2.45) is 0 Å². The van der Waals surface area contributed by atoms with E-state index < -0.39 is 6.10 Å². The lowest BCUT2D eigenvalue weighted by molar-refractivity contribution is 0.129. The van der Waals surface area contributed by atoms with Crippen LogP contribution in [-0.4, -0.2) is 18.3 Å². The predicted molar refractivity (Wildman–Crippen MR) is 88.1 cm³/mol. The number of rotatable bonds is 5. The third kappa shape index (κ3) is 3.01. The lowest BCUT2D eigenvalue weighted by atomic mass is 10.0. The number of methoxy groups -OCH3 is 1. The van der Waals surface area contributed by atoms with E-state index in [1.165, 1.54) is 11.1 Å². The lowest BCUT2D eigenvalue weighted by Gasteiger charge is -2.25. The fourth-order valence-electron chi connectivity index (χ4n) is 3.23. The smallest absolute Gasteiger partial charge is 0.118 e. The Balaban J connectivity index is 1.67. The van der Waals surface area contributed by atoms with Crippen molar-refractivity contribution >= 4 is 0 Å². The maximum atomic E-state index is 10.6. The number of aliphatic hydroxyl groups excluding tert-OH is 1. The van der Waals surface area contributed by atoms with Gasteiger partial charge in [-0.15, -0.1) is 0 Å². The molecule has 0 aliphatic heterocycles. The zero-order valence-corrected chi connectivity index (χ0v) is 13.1. The Labute approximate surface area is 131 Å². The first-order valence-corrected chi connectivity index (χ1v) is 7.85. The molecule has 0 radical (unpaired) electrons. The Morgan fingerprint density at radius 2 is 1.86 bits per heavy atom. The number of benzene rings is 2. The van der Waals surface area contributed by atoms with Gasteiger partial charge in [-0.2, -0.15) is 0 Å². The molecule has 3 heteroatoms. The van der Waals surface area contributed by atoms with Crippen molar-refractivity contribution in [1.29, 1.82) is 0 Å². The maximum Gasteiger partial charge on any atom is 0.118 e. The quantitative estimate of drug-likeness (QED) is 0.889. The van der Waals surface area contributed by atoms with Gasteiger partial charge in [0.15, 0.2) is 0 Å². The number of fused-ring (bicyclic) bond motifs is 1. The number of aliphatic hydroxyl groups is 1. The van der Waals surface area contributed by atoms with E-state index >= 15 is 0 Å². The Morgan fingerprint density at radius 1 is 1.14 bits per heavy atom. The van der Waals surface area contributed by atoms with Gasteiger partial charge < -0.3 is 15.2 Å². The number of nitrogens with one attached hydrogen (secondary N) is 1. The molecule has 1 aliphatic carbocycles. The van der Waals surface area contributed by atoms with Crippen molar-refractivity contribution in [3.05, 3.63) is 65.2 Å². The summed E-state index contributed by atoms with van der Waals surface area (Å²) >= 11 is 0. The fourth-order valence-corrected chi connectivity index (χ4v) is 3.23. The molecule has 0 fully saturated rings. The molecule has 0 heterocycles. The molecule has 0 saturated heterocycles. The van der Waals surface area contributed by atoms with Crippen LogP contribution in [0, 0.1) is 0 Å². The lowest BCUT2D eigenvalue weighted by Crippen LogP contribution is -2.34. The van der Waals surface area contributed by atoms with Crippen molar-refractivity contribution in [2.75, 3.05) is 7.11 Å². The number of aryl methyl sites for hydroxylation is 1. The van der Waals surface area contributed by atoms with Crippen LogP contribution in [0.3, 0.4) is 0 Å². The van der Waals surface area contributed by atoms with E-state index in [2.05, 4.69) is 29.6 Å². The fraction of sp³-hybridized carbons (Fsp3) is 0.368. The van der Waals surface area contributed by atoms with Gasteiger partial charge >= 0.3 is 0 Å². The summed E-state index contributed by atoms with van der Waals surface area (Å²) in [5.74, 6) is 0.807. The molecule has 3 atom stereocenters. The standard InChI is InChI=1S/C19H23NO2/c1-13(19(21)15-7-10-16(22-2)11-8-15)20-18-12-9-14-5-3-4-6-17(14)18/h3-8,10-11,13,18-21H,9,12H2,1-2H3. The van der Waals surface area contributed by atoms with Gasteiger partial charge in [-0.1, -0.05) is 36.4 Å². The zero-order valence-electron chi connectivity index (χ0n) is 13.1. The van der Waals surface area contributed by atoms with Gasteiger partial charge in [0.05, 0.1) is 13.2 Å². The Morgan fingerprint density at radius 3 is 2.59 bits per heavy atom. The van der Waals surface area contributed by atoms with Crippen LogP contribution in [0.4, 0.5) is 0 Å². The van der Waals surface area contributed by atoms with E-state index in [9.17, 15) is 5.11 Å². The molecule has 3 rings (SSSR count). The molecular formula is C19H23NO2.